The molecule has 5 heteroatoms. The zero-order chi connectivity index (χ0) is 15.0. The van der Waals surface area contributed by atoms with Gasteiger partial charge in [0.1, 0.15) is 5.69 Å². The summed E-state index contributed by atoms with van der Waals surface area (Å²) in [6, 6.07) is 2.51. The maximum Gasteiger partial charge on any atom is 0.433 e. The van der Waals surface area contributed by atoms with Crippen LogP contribution >= 0.6 is 22.6 Å². The van der Waals surface area contributed by atoms with E-state index in [1.54, 1.807) is 0 Å². The topological polar surface area (TPSA) is 12.9 Å². The van der Waals surface area contributed by atoms with E-state index in [9.17, 15) is 13.2 Å². The van der Waals surface area contributed by atoms with Crippen molar-refractivity contribution in [1.82, 2.24) is 4.98 Å². The molecule has 1 aromatic rings. The summed E-state index contributed by atoms with van der Waals surface area (Å²) in [7, 11) is 0. The lowest BCUT2D eigenvalue weighted by molar-refractivity contribution is -0.141. The molecule has 0 amide bonds. The Morgan fingerprint density at radius 3 is 2.60 bits per heavy atom. The average Bonchev–Trinajstić information content (AvgIpc) is 2.42. The van der Waals surface area contributed by atoms with Crippen LogP contribution in [0.15, 0.2) is 36.6 Å². The maximum atomic E-state index is 12.5. The van der Waals surface area contributed by atoms with E-state index in [4.69, 9.17) is 0 Å². The first-order chi connectivity index (χ1) is 9.49. The van der Waals surface area contributed by atoms with Crippen LogP contribution in [0, 0.1) is 0 Å². The molecule has 1 rings (SSSR count). The fourth-order valence-corrected chi connectivity index (χ4v) is 1.90. The van der Waals surface area contributed by atoms with Crippen LogP contribution in [0.3, 0.4) is 0 Å². The Hall–Kier alpha value is -0.850. The lowest BCUT2D eigenvalue weighted by atomic mass is 10.0. The molecule has 20 heavy (non-hydrogen) atoms. The number of nitrogens with zero attached hydrogens (tertiary/aromatic N) is 1. The Morgan fingerprint density at radius 1 is 1.35 bits per heavy atom. The van der Waals surface area contributed by atoms with Gasteiger partial charge in [-0.15, -0.1) is 0 Å². The molecule has 0 aromatic carbocycles. The number of alkyl halides is 4. The van der Waals surface area contributed by atoms with E-state index in [1.165, 1.54) is 12.3 Å². The van der Waals surface area contributed by atoms with Gasteiger partial charge in [0.05, 0.1) is 0 Å². The molecule has 0 aliphatic heterocycles. The summed E-state index contributed by atoms with van der Waals surface area (Å²) in [5, 5.41) is 0. The van der Waals surface area contributed by atoms with Crippen molar-refractivity contribution in [2.45, 2.75) is 32.4 Å². The fourth-order valence-electron chi connectivity index (χ4n) is 1.65. The van der Waals surface area contributed by atoms with Crippen LogP contribution in [0.4, 0.5) is 13.2 Å². The molecule has 0 aliphatic carbocycles. The zero-order valence-corrected chi connectivity index (χ0v) is 13.4. The molecule has 1 heterocycles. The molecule has 0 saturated heterocycles. The molecule has 0 atom stereocenters. The Bertz CT molecular complexity index is 461. The van der Waals surface area contributed by atoms with E-state index >= 15 is 0 Å². The minimum Gasteiger partial charge on any atom is -0.251 e. The monoisotopic (exact) mass is 395 g/mol. The number of unbranched alkanes of at least 4 members (excludes halogenated alkanes) is 2. The van der Waals surface area contributed by atoms with Crippen LogP contribution in [-0.2, 0) is 6.18 Å². The maximum absolute atomic E-state index is 12.5. The summed E-state index contributed by atoms with van der Waals surface area (Å²) in [4.78, 5) is 3.51. The highest BCUT2D eigenvalue weighted by Crippen LogP contribution is 2.28. The van der Waals surface area contributed by atoms with Gasteiger partial charge in [-0.05, 0) is 23.6 Å². The van der Waals surface area contributed by atoms with Crippen LogP contribution in [-0.4, -0.2) is 9.41 Å². The standard InChI is InChI=1S/C15H17F3IN/c1-2-3-4-6-12(7-5-10-19)13-8-9-14(20-11-13)15(16,17)18/h5-9,11H,2-4,10H2,1H3/b7-5-,12-6+. The van der Waals surface area contributed by atoms with E-state index in [2.05, 4.69) is 40.6 Å². The first-order valence-corrected chi connectivity index (χ1v) is 7.98. The van der Waals surface area contributed by atoms with E-state index in [0.717, 1.165) is 40.9 Å². The second kappa shape index (κ2) is 8.44. The van der Waals surface area contributed by atoms with Gasteiger partial charge in [-0.25, -0.2) is 0 Å². The van der Waals surface area contributed by atoms with Gasteiger partial charge in [0.25, 0.3) is 0 Å². The summed E-state index contributed by atoms with van der Waals surface area (Å²) >= 11 is 2.22. The van der Waals surface area contributed by atoms with Gasteiger partial charge in [-0.2, -0.15) is 13.2 Å². The van der Waals surface area contributed by atoms with Crippen molar-refractivity contribution in [3.8, 4) is 0 Å². The van der Waals surface area contributed by atoms with Crippen molar-refractivity contribution >= 4 is 28.2 Å². The van der Waals surface area contributed by atoms with Gasteiger partial charge in [0.2, 0.25) is 0 Å². The van der Waals surface area contributed by atoms with E-state index in [0.29, 0.717) is 0 Å². The lowest BCUT2D eigenvalue weighted by Gasteiger charge is -2.07. The van der Waals surface area contributed by atoms with Crippen molar-refractivity contribution in [2.24, 2.45) is 0 Å². The Balaban J connectivity index is 2.96. The summed E-state index contributed by atoms with van der Waals surface area (Å²) in [6.45, 7) is 2.11. The van der Waals surface area contributed by atoms with Crippen molar-refractivity contribution < 1.29 is 13.2 Å². The summed E-state index contributed by atoms with van der Waals surface area (Å²) in [5.74, 6) is 0. The van der Waals surface area contributed by atoms with E-state index < -0.39 is 11.9 Å². The Kier molecular flexibility index (Phi) is 7.26. The summed E-state index contributed by atoms with van der Waals surface area (Å²) in [5.41, 5.74) is 0.790. The molecule has 0 N–H and O–H groups in total. The molecule has 110 valence electrons. The molecule has 1 aromatic heterocycles. The van der Waals surface area contributed by atoms with Crippen LogP contribution in [0.5, 0.6) is 0 Å². The number of halogens is 4. The van der Waals surface area contributed by atoms with Gasteiger partial charge in [-0.1, -0.05) is 66.7 Å². The second-order valence-corrected chi connectivity index (χ2v) is 5.17. The van der Waals surface area contributed by atoms with Crippen LogP contribution in [0.25, 0.3) is 5.57 Å². The molecule has 0 unspecified atom stereocenters. The zero-order valence-electron chi connectivity index (χ0n) is 11.3. The average molecular weight is 395 g/mol. The third-order valence-corrected chi connectivity index (χ3v) is 3.20. The molecule has 1 nitrogen and oxygen atoms in total. The van der Waals surface area contributed by atoms with Crippen LogP contribution in [0.2, 0.25) is 0 Å². The number of hydrogen-bond acceptors (Lipinski definition) is 1. The Morgan fingerprint density at radius 2 is 2.10 bits per heavy atom. The molecule has 0 spiro atoms. The molecule has 0 fully saturated rings. The third kappa shape index (κ3) is 5.64. The quantitative estimate of drug-likeness (QED) is 0.262. The minimum absolute atomic E-state index is 0.718. The fraction of sp³-hybridized carbons (Fsp3) is 0.400. The van der Waals surface area contributed by atoms with Crippen LogP contribution < -0.4 is 0 Å². The molecule has 0 saturated carbocycles. The summed E-state index contributed by atoms with van der Waals surface area (Å²) in [6.07, 6.45) is 5.94. The minimum atomic E-state index is -4.39. The van der Waals surface area contributed by atoms with Crippen molar-refractivity contribution in [3.63, 3.8) is 0 Å². The third-order valence-electron chi connectivity index (χ3n) is 2.70. The molecular formula is C15H17F3IN. The van der Waals surface area contributed by atoms with Gasteiger partial charge in [0, 0.05) is 10.6 Å². The predicted octanol–water partition coefficient (Wildman–Crippen LogP) is 5.67. The smallest absolute Gasteiger partial charge is 0.251 e. The second-order valence-electron chi connectivity index (χ2n) is 4.29. The largest absolute Gasteiger partial charge is 0.433 e. The van der Waals surface area contributed by atoms with Gasteiger partial charge < -0.3 is 0 Å². The molecule has 0 bridgehead atoms. The predicted molar refractivity (Wildman–Crippen MR) is 84.8 cm³/mol. The SMILES string of the molecule is CCCC/C=C(\C=C/CI)c1ccc(C(F)(F)F)nc1. The van der Waals surface area contributed by atoms with Crippen LogP contribution in [0.1, 0.15) is 37.4 Å². The summed E-state index contributed by atoms with van der Waals surface area (Å²) < 4.78 is 38.3. The number of aromatic nitrogens is 1. The highest BCUT2D eigenvalue weighted by atomic mass is 127. The number of allylic oxidation sites excluding steroid dienone is 4. The lowest BCUT2D eigenvalue weighted by Crippen LogP contribution is -2.07. The molecule has 0 radical (unpaired) electrons. The highest BCUT2D eigenvalue weighted by molar-refractivity contribution is 14.1. The number of pyridine rings is 1. The van der Waals surface area contributed by atoms with E-state index in [1.807, 2.05) is 12.2 Å². The van der Waals surface area contributed by atoms with E-state index in [-0.39, 0.29) is 0 Å². The molecular weight excluding hydrogens is 378 g/mol. The number of hydrogen-bond donors (Lipinski definition) is 0. The first-order valence-electron chi connectivity index (χ1n) is 6.45. The van der Waals surface area contributed by atoms with Crippen molar-refractivity contribution in [1.29, 1.82) is 0 Å². The van der Waals surface area contributed by atoms with Crippen molar-refractivity contribution in [2.75, 3.05) is 4.43 Å². The van der Waals surface area contributed by atoms with Gasteiger partial charge >= 0.3 is 6.18 Å². The molecule has 0 aliphatic rings. The van der Waals surface area contributed by atoms with Gasteiger partial charge in [0.15, 0.2) is 0 Å². The highest BCUT2D eigenvalue weighted by Gasteiger charge is 2.32. The van der Waals surface area contributed by atoms with Gasteiger partial charge in [-0.3, -0.25) is 4.98 Å². The number of rotatable bonds is 6. The normalized spacial score (nSPS) is 13.2. The Labute approximate surface area is 131 Å². The first kappa shape index (κ1) is 17.2. The van der Waals surface area contributed by atoms with Crippen molar-refractivity contribution in [3.05, 3.63) is 47.8 Å².